The van der Waals surface area contributed by atoms with Gasteiger partial charge in [-0.05, 0) is 45.6 Å². The summed E-state index contributed by atoms with van der Waals surface area (Å²) in [6.07, 6.45) is 0.743. The van der Waals surface area contributed by atoms with Crippen molar-refractivity contribution in [2.45, 2.75) is 62.8 Å². The van der Waals surface area contributed by atoms with Crippen LogP contribution in [0, 0.1) is 11.6 Å². The predicted octanol–water partition coefficient (Wildman–Crippen LogP) is 4.20. The molecule has 212 valence electrons. The fourth-order valence-electron chi connectivity index (χ4n) is 4.80. The van der Waals surface area contributed by atoms with E-state index in [0.717, 1.165) is 23.9 Å². The minimum Gasteiger partial charge on any atom is -0.478 e. The molecular formula is C26H30F4N4O4S. The SMILES string of the molecule is CSc1nc(-c2cc(F)c(OCC(=O)N3CCN(C4OC4OC(C)(C)C)CC3)c(F)c2)c2c(n1)C(F)(F)CC2. The normalized spacial score (nSPS) is 22.6. The van der Waals surface area contributed by atoms with E-state index < -0.39 is 47.9 Å². The van der Waals surface area contributed by atoms with Crippen LogP contribution in [0.1, 0.15) is 38.4 Å². The highest BCUT2D eigenvalue weighted by Gasteiger charge is 2.48. The van der Waals surface area contributed by atoms with Crippen LogP contribution in [0.4, 0.5) is 17.6 Å². The Kier molecular flexibility index (Phi) is 7.55. The first-order chi connectivity index (χ1) is 18.4. The van der Waals surface area contributed by atoms with Gasteiger partial charge >= 0.3 is 0 Å². The summed E-state index contributed by atoms with van der Waals surface area (Å²) >= 11 is 1.06. The van der Waals surface area contributed by atoms with Crippen LogP contribution >= 0.6 is 11.8 Å². The van der Waals surface area contributed by atoms with Gasteiger partial charge in [0.15, 0.2) is 41.7 Å². The summed E-state index contributed by atoms with van der Waals surface area (Å²) in [5.41, 5.74) is -0.489. The van der Waals surface area contributed by atoms with Gasteiger partial charge < -0.3 is 19.1 Å². The molecule has 1 aliphatic carbocycles. The summed E-state index contributed by atoms with van der Waals surface area (Å²) in [5.74, 6) is -6.35. The van der Waals surface area contributed by atoms with Crippen LogP contribution < -0.4 is 4.74 Å². The van der Waals surface area contributed by atoms with Crippen LogP contribution in [0.5, 0.6) is 5.75 Å². The zero-order valence-corrected chi connectivity index (χ0v) is 22.9. The van der Waals surface area contributed by atoms with Gasteiger partial charge in [0, 0.05) is 43.7 Å². The van der Waals surface area contributed by atoms with E-state index in [-0.39, 0.29) is 46.5 Å². The number of piperazine rings is 1. The zero-order valence-electron chi connectivity index (χ0n) is 22.1. The van der Waals surface area contributed by atoms with Crippen LogP contribution in [0.3, 0.4) is 0 Å². The number of aromatic nitrogens is 2. The lowest BCUT2D eigenvalue weighted by atomic mass is 10.0. The second kappa shape index (κ2) is 10.5. The number of carbonyl (C=O) groups excluding carboxylic acids is 1. The highest BCUT2D eigenvalue weighted by atomic mass is 32.2. The van der Waals surface area contributed by atoms with Gasteiger partial charge in [0.05, 0.1) is 11.3 Å². The summed E-state index contributed by atoms with van der Waals surface area (Å²) in [6, 6.07) is 1.97. The molecule has 2 aromatic rings. The Morgan fingerprint density at radius 3 is 2.44 bits per heavy atom. The maximum atomic E-state index is 15.0. The Morgan fingerprint density at radius 2 is 1.82 bits per heavy atom. The molecule has 0 N–H and O–H groups in total. The van der Waals surface area contributed by atoms with Gasteiger partial charge in [-0.1, -0.05) is 11.8 Å². The number of benzene rings is 1. The maximum Gasteiger partial charge on any atom is 0.290 e. The minimum absolute atomic E-state index is 0.00230. The number of alkyl halides is 2. The van der Waals surface area contributed by atoms with Gasteiger partial charge in [0.2, 0.25) is 0 Å². The average molecular weight is 571 g/mol. The first-order valence-electron chi connectivity index (χ1n) is 12.7. The average Bonchev–Trinajstić information content (AvgIpc) is 3.55. The van der Waals surface area contributed by atoms with E-state index in [1.54, 1.807) is 11.2 Å². The largest absolute Gasteiger partial charge is 0.478 e. The number of hydrogen-bond acceptors (Lipinski definition) is 8. The monoisotopic (exact) mass is 570 g/mol. The number of rotatable bonds is 7. The molecule has 3 heterocycles. The third-order valence-electron chi connectivity index (χ3n) is 6.74. The molecule has 8 nitrogen and oxygen atoms in total. The van der Waals surface area contributed by atoms with E-state index in [0.29, 0.717) is 26.2 Å². The fourth-order valence-corrected chi connectivity index (χ4v) is 5.17. The Bertz CT molecular complexity index is 1240. The first-order valence-corrected chi connectivity index (χ1v) is 13.9. The van der Waals surface area contributed by atoms with Gasteiger partial charge in [0.25, 0.3) is 11.8 Å². The predicted molar refractivity (Wildman–Crippen MR) is 135 cm³/mol. The van der Waals surface area contributed by atoms with E-state index >= 15 is 0 Å². The van der Waals surface area contributed by atoms with Crippen molar-refractivity contribution in [1.29, 1.82) is 0 Å². The molecule has 5 rings (SSSR count). The van der Waals surface area contributed by atoms with Crippen LogP contribution in [0.15, 0.2) is 17.3 Å². The zero-order chi connectivity index (χ0) is 28.1. The molecular weight excluding hydrogens is 540 g/mol. The molecule has 1 aromatic carbocycles. The van der Waals surface area contributed by atoms with Crippen molar-refractivity contribution in [3.8, 4) is 17.0 Å². The second-order valence-electron chi connectivity index (χ2n) is 10.7. The van der Waals surface area contributed by atoms with Gasteiger partial charge in [0.1, 0.15) is 5.69 Å². The Labute approximate surface area is 228 Å². The van der Waals surface area contributed by atoms with Gasteiger partial charge in [-0.25, -0.2) is 18.7 Å². The van der Waals surface area contributed by atoms with Crippen LogP contribution in [0.2, 0.25) is 0 Å². The number of ether oxygens (including phenoxy) is 3. The number of epoxide rings is 1. The minimum atomic E-state index is -3.13. The molecule has 2 aliphatic heterocycles. The molecule has 2 atom stereocenters. The van der Waals surface area contributed by atoms with E-state index in [9.17, 15) is 22.4 Å². The Morgan fingerprint density at radius 1 is 1.15 bits per heavy atom. The molecule has 0 radical (unpaired) electrons. The lowest BCUT2D eigenvalue weighted by molar-refractivity contribution is -0.135. The number of hydrogen-bond donors (Lipinski definition) is 0. The number of halogens is 4. The molecule has 0 saturated carbocycles. The molecule has 39 heavy (non-hydrogen) atoms. The third kappa shape index (κ3) is 6.01. The van der Waals surface area contributed by atoms with Gasteiger partial charge in [-0.15, -0.1) is 0 Å². The van der Waals surface area contributed by atoms with Crippen molar-refractivity contribution in [3.05, 3.63) is 35.0 Å². The van der Waals surface area contributed by atoms with Crippen molar-refractivity contribution in [2.24, 2.45) is 0 Å². The summed E-state index contributed by atoms with van der Waals surface area (Å²) in [5, 5.41) is 0.0858. The number of nitrogens with zero attached hydrogens (tertiary/aromatic N) is 4. The molecule has 1 aromatic heterocycles. The molecule has 2 unspecified atom stereocenters. The molecule has 2 saturated heterocycles. The summed E-state index contributed by atoms with van der Waals surface area (Å²) in [6.45, 7) is 7.26. The topological polar surface area (TPSA) is 80.3 Å². The number of amides is 1. The highest BCUT2D eigenvalue weighted by Crippen LogP contribution is 2.44. The van der Waals surface area contributed by atoms with Gasteiger partial charge in [-0.3, -0.25) is 9.69 Å². The first kappa shape index (κ1) is 28.1. The van der Waals surface area contributed by atoms with Crippen LogP contribution in [-0.2, 0) is 26.6 Å². The van der Waals surface area contributed by atoms with Crippen molar-refractivity contribution in [2.75, 3.05) is 39.0 Å². The van der Waals surface area contributed by atoms with Crippen molar-refractivity contribution in [3.63, 3.8) is 0 Å². The molecule has 3 aliphatic rings. The number of carbonyl (C=O) groups is 1. The molecule has 0 bridgehead atoms. The van der Waals surface area contributed by atoms with Gasteiger partial charge in [-0.2, -0.15) is 8.78 Å². The van der Waals surface area contributed by atoms with E-state index in [4.69, 9.17) is 14.2 Å². The van der Waals surface area contributed by atoms with Crippen molar-refractivity contribution >= 4 is 17.7 Å². The fraction of sp³-hybridized carbons (Fsp3) is 0.577. The van der Waals surface area contributed by atoms with E-state index in [1.165, 1.54) is 0 Å². The standard InChI is InChI=1S/C26H30F4N4O4S/c1-25(2,3)38-23-22(37-23)34-9-7-33(8-10-34)18(35)13-36-20-16(27)11-14(12-17(20)28)19-15-5-6-26(29,30)21(15)32-24(31-19)39-4/h11-12,22-23H,5-10,13H2,1-4H3. The highest BCUT2D eigenvalue weighted by molar-refractivity contribution is 7.98. The number of fused-ring (bicyclic) bond motifs is 1. The second-order valence-corrected chi connectivity index (χ2v) is 11.5. The van der Waals surface area contributed by atoms with Crippen molar-refractivity contribution in [1.82, 2.24) is 19.8 Å². The molecule has 13 heteroatoms. The summed E-state index contributed by atoms with van der Waals surface area (Å²) in [4.78, 5) is 24.5. The van der Waals surface area contributed by atoms with E-state index in [1.807, 2.05) is 20.8 Å². The molecule has 0 spiro atoms. The van der Waals surface area contributed by atoms with Crippen LogP contribution in [-0.4, -0.2) is 82.8 Å². The summed E-state index contributed by atoms with van der Waals surface area (Å²) < 4.78 is 75.2. The summed E-state index contributed by atoms with van der Waals surface area (Å²) in [7, 11) is 0. The lowest BCUT2D eigenvalue weighted by Crippen LogP contribution is -2.51. The molecule has 2 fully saturated rings. The molecule has 1 amide bonds. The Balaban J connectivity index is 1.21. The smallest absolute Gasteiger partial charge is 0.290 e. The van der Waals surface area contributed by atoms with Crippen LogP contribution in [0.25, 0.3) is 11.3 Å². The van der Waals surface area contributed by atoms with Crippen molar-refractivity contribution < 1.29 is 36.6 Å². The lowest BCUT2D eigenvalue weighted by Gasteiger charge is -2.34. The van der Waals surface area contributed by atoms with E-state index in [2.05, 4.69) is 14.9 Å². The third-order valence-corrected chi connectivity index (χ3v) is 7.29. The quantitative estimate of drug-likeness (QED) is 0.212. The Hall–Kier alpha value is -2.48. The maximum absolute atomic E-state index is 15.0. The number of thioether (sulfide) groups is 1.